The fourth-order valence-electron chi connectivity index (χ4n) is 1.96. The van der Waals surface area contributed by atoms with Crippen molar-refractivity contribution in [3.05, 3.63) is 67.5 Å². The summed E-state index contributed by atoms with van der Waals surface area (Å²) in [6, 6.07) is 14.4. The van der Waals surface area contributed by atoms with Gasteiger partial charge in [-0.2, -0.15) is 5.26 Å². The first-order valence-electron chi connectivity index (χ1n) is 6.66. The Hall–Kier alpha value is -2.21. The zero-order valence-corrected chi connectivity index (χ0v) is 15.2. The van der Waals surface area contributed by atoms with Crippen molar-refractivity contribution in [1.29, 1.82) is 5.26 Å². The first-order chi connectivity index (χ1) is 11.6. The molecule has 0 aliphatic rings. The van der Waals surface area contributed by atoms with Crippen LogP contribution in [0.25, 0.3) is 16.3 Å². The number of nitrogens with zero attached hydrogens (tertiary/aromatic N) is 3. The molecule has 1 heterocycles. The summed E-state index contributed by atoms with van der Waals surface area (Å²) in [5.74, 6) is 0. The second-order valence-electron chi connectivity index (χ2n) is 4.63. The van der Waals surface area contributed by atoms with Crippen LogP contribution in [0.1, 0.15) is 5.56 Å². The Morgan fingerprint density at radius 3 is 2.83 bits per heavy atom. The number of allylic oxidation sites excluding steroid dienone is 1. The van der Waals surface area contributed by atoms with E-state index in [-0.39, 0.29) is 5.69 Å². The molecule has 118 valence electrons. The molecule has 1 aromatic heterocycles. The number of para-hydroxylation sites is 1. The molecular formula is C16H8BrN3O2S2. The number of hydrogen-bond donors (Lipinski definition) is 0. The monoisotopic (exact) mass is 417 g/mol. The van der Waals surface area contributed by atoms with Crippen molar-refractivity contribution in [1.82, 2.24) is 4.98 Å². The summed E-state index contributed by atoms with van der Waals surface area (Å²) >= 11 is 6.11. The van der Waals surface area contributed by atoms with Crippen LogP contribution in [0.15, 0.2) is 56.2 Å². The minimum atomic E-state index is -0.459. The first-order valence-corrected chi connectivity index (χ1v) is 9.08. The highest BCUT2D eigenvalue weighted by molar-refractivity contribution is 9.10. The first kappa shape index (κ1) is 16.6. The normalized spacial score (nSPS) is 11.4. The fourth-order valence-corrected chi connectivity index (χ4v) is 4.41. The molecule has 0 radical (unpaired) electrons. The molecule has 5 nitrogen and oxygen atoms in total. The van der Waals surface area contributed by atoms with Crippen molar-refractivity contribution >= 4 is 61.0 Å². The average molecular weight is 418 g/mol. The maximum absolute atomic E-state index is 10.8. The van der Waals surface area contributed by atoms with Crippen molar-refractivity contribution in [3.63, 3.8) is 0 Å². The van der Waals surface area contributed by atoms with Crippen molar-refractivity contribution in [2.75, 3.05) is 0 Å². The van der Waals surface area contributed by atoms with E-state index in [1.807, 2.05) is 24.3 Å². The lowest BCUT2D eigenvalue weighted by atomic mass is 10.2. The molecule has 0 aliphatic heterocycles. The molecule has 24 heavy (non-hydrogen) atoms. The van der Waals surface area contributed by atoms with Crippen molar-refractivity contribution in [2.45, 2.75) is 4.34 Å². The lowest BCUT2D eigenvalue weighted by Crippen LogP contribution is -1.88. The van der Waals surface area contributed by atoms with Crippen LogP contribution in [0.2, 0.25) is 0 Å². The molecule has 2 aromatic carbocycles. The highest BCUT2D eigenvalue weighted by atomic mass is 79.9. The van der Waals surface area contributed by atoms with Crippen LogP contribution in [0.5, 0.6) is 0 Å². The van der Waals surface area contributed by atoms with Crippen LogP contribution in [-0.2, 0) is 0 Å². The molecule has 0 aliphatic carbocycles. The molecule has 0 atom stereocenters. The summed E-state index contributed by atoms with van der Waals surface area (Å²) < 4.78 is 2.41. The Labute approximate surface area is 153 Å². The molecule has 3 aromatic rings. The number of nitro groups is 1. The van der Waals surface area contributed by atoms with E-state index < -0.39 is 4.92 Å². The van der Waals surface area contributed by atoms with Gasteiger partial charge in [0.2, 0.25) is 0 Å². The average Bonchev–Trinajstić information content (AvgIpc) is 2.98. The molecule has 0 saturated heterocycles. The third-order valence-electron chi connectivity index (χ3n) is 3.06. The van der Waals surface area contributed by atoms with Crippen LogP contribution in [0, 0.1) is 21.4 Å². The Balaban J connectivity index is 1.89. The lowest BCUT2D eigenvalue weighted by molar-refractivity contribution is -0.384. The molecule has 0 amide bonds. The van der Waals surface area contributed by atoms with Crippen LogP contribution in [-0.4, -0.2) is 9.91 Å². The van der Waals surface area contributed by atoms with E-state index >= 15 is 0 Å². The predicted molar refractivity (Wildman–Crippen MR) is 99.9 cm³/mol. The molecule has 0 bridgehead atoms. The van der Waals surface area contributed by atoms with Gasteiger partial charge in [-0.1, -0.05) is 12.1 Å². The van der Waals surface area contributed by atoms with E-state index in [2.05, 4.69) is 27.0 Å². The molecule has 0 fully saturated rings. The van der Waals surface area contributed by atoms with Crippen LogP contribution >= 0.6 is 39.0 Å². The standard InChI is InChI=1S/C16H8BrN3O2S2/c17-13-8-11(20(21)22)6-5-10(13)7-12(9-18)23-16-19-14-3-1-2-4-15(14)24-16/h1-8H/b12-7+. The van der Waals surface area contributed by atoms with Gasteiger partial charge in [-0.3, -0.25) is 10.1 Å². The topological polar surface area (TPSA) is 79.8 Å². The molecule has 0 unspecified atom stereocenters. The van der Waals surface area contributed by atoms with Crippen molar-refractivity contribution in [2.24, 2.45) is 0 Å². The quantitative estimate of drug-likeness (QED) is 0.238. The number of nitro benzene ring substituents is 1. The number of fused-ring (bicyclic) bond motifs is 1. The van der Waals surface area contributed by atoms with Gasteiger partial charge in [0, 0.05) is 16.6 Å². The number of non-ortho nitro benzene ring substituents is 1. The van der Waals surface area contributed by atoms with E-state index in [9.17, 15) is 15.4 Å². The predicted octanol–water partition coefficient (Wildman–Crippen LogP) is 5.62. The third kappa shape index (κ3) is 3.64. The van der Waals surface area contributed by atoms with Crippen LogP contribution in [0.3, 0.4) is 0 Å². The maximum Gasteiger partial charge on any atom is 0.270 e. The summed E-state index contributed by atoms with van der Waals surface area (Å²) in [5, 5.41) is 20.1. The third-order valence-corrected chi connectivity index (χ3v) is 5.78. The van der Waals surface area contributed by atoms with E-state index in [1.165, 1.54) is 35.2 Å². The summed E-state index contributed by atoms with van der Waals surface area (Å²) in [6.45, 7) is 0. The van der Waals surface area contributed by atoms with Crippen molar-refractivity contribution < 1.29 is 4.92 Å². The van der Waals surface area contributed by atoms with Gasteiger partial charge in [-0.15, -0.1) is 11.3 Å². The molecule has 0 N–H and O–H groups in total. The van der Waals surface area contributed by atoms with Crippen LogP contribution in [0.4, 0.5) is 5.69 Å². The van der Waals surface area contributed by atoms with E-state index in [0.29, 0.717) is 14.9 Å². The van der Waals surface area contributed by atoms with E-state index in [1.54, 1.807) is 12.1 Å². The summed E-state index contributed by atoms with van der Waals surface area (Å²) in [6.07, 6.45) is 1.69. The molecule has 0 saturated carbocycles. The van der Waals surface area contributed by atoms with Gasteiger partial charge in [0.05, 0.1) is 20.0 Å². The number of thiazole rings is 1. The number of aromatic nitrogens is 1. The lowest BCUT2D eigenvalue weighted by Gasteiger charge is -2.00. The van der Waals surface area contributed by atoms with Gasteiger partial charge in [0.15, 0.2) is 4.34 Å². The second-order valence-corrected chi connectivity index (χ2v) is 7.81. The number of nitriles is 1. The van der Waals surface area contributed by atoms with Gasteiger partial charge in [-0.05, 0) is 57.5 Å². The summed E-state index contributed by atoms with van der Waals surface area (Å²) in [5.41, 5.74) is 1.60. The Morgan fingerprint density at radius 1 is 1.38 bits per heavy atom. The zero-order valence-electron chi connectivity index (χ0n) is 12.0. The summed E-state index contributed by atoms with van der Waals surface area (Å²) in [7, 11) is 0. The minimum Gasteiger partial charge on any atom is -0.258 e. The minimum absolute atomic E-state index is 0.00337. The van der Waals surface area contributed by atoms with Crippen molar-refractivity contribution in [3.8, 4) is 6.07 Å². The van der Waals surface area contributed by atoms with Gasteiger partial charge in [0.1, 0.15) is 6.07 Å². The zero-order chi connectivity index (χ0) is 17.1. The Morgan fingerprint density at radius 2 is 2.17 bits per heavy atom. The largest absolute Gasteiger partial charge is 0.270 e. The highest BCUT2D eigenvalue weighted by Gasteiger charge is 2.11. The SMILES string of the molecule is N#C/C(=C\c1ccc([N+](=O)[O-])cc1Br)Sc1nc2ccccc2s1. The number of halogens is 1. The number of thioether (sulfide) groups is 1. The highest BCUT2D eigenvalue weighted by Crippen LogP contribution is 2.35. The fraction of sp³-hybridized carbons (Fsp3) is 0. The number of hydrogen-bond acceptors (Lipinski definition) is 6. The van der Waals surface area contributed by atoms with Gasteiger partial charge in [-0.25, -0.2) is 4.98 Å². The Kier molecular flexibility index (Phi) is 4.94. The number of benzene rings is 2. The number of rotatable bonds is 4. The molecule has 0 spiro atoms. The van der Waals surface area contributed by atoms with Crippen LogP contribution < -0.4 is 0 Å². The molecule has 8 heteroatoms. The second kappa shape index (κ2) is 7.13. The van der Waals surface area contributed by atoms with E-state index in [0.717, 1.165) is 14.6 Å². The molecule has 3 rings (SSSR count). The van der Waals surface area contributed by atoms with E-state index in [4.69, 9.17) is 0 Å². The van der Waals surface area contributed by atoms with Gasteiger partial charge in [0.25, 0.3) is 5.69 Å². The molecular weight excluding hydrogens is 410 g/mol. The smallest absolute Gasteiger partial charge is 0.258 e. The maximum atomic E-state index is 10.8. The van der Waals surface area contributed by atoms with Gasteiger partial charge >= 0.3 is 0 Å². The van der Waals surface area contributed by atoms with Gasteiger partial charge < -0.3 is 0 Å². The summed E-state index contributed by atoms with van der Waals surface area (Å²) in [4.78, 5) is 15.3. The Bertz CT molecular complexity index is 975.